The first-order valence-corrected chi connectivity index (χ1v) is 13.7. The van der Waals surface area contributed by atoms with Crippen LogP contribution in [-0.2, 0) is 9.59 Å². The van der Waals surface area contributed by atoms with E-state index in [1.807, 2.05) is 0 Å². The summed E-state index contributed by atoms with van der Waals surface area (Å²) in [5.41, 5.74) is 0.138. The molecule has 0 spiro atoms. The summed E-state index contributed by atoms with van der Waals surface area (Å²) in [6.07, 6.45) is 11.0. The van der Waals surface area contributed by atoms with Crippen molar-refractivity contribution in [3.63, 3.8) is 0 Å². The number of carbonyl (C=O) groups excluding carboxylic acids is 4. The van der Waals surface area contributed by atoms with Crippen molar-refractivity contribution in [3.05, 3.63) is 92.5 Å². The van der Waals surface area contributed by atoms with Crippen molar-refractivity contribution in [3.8, 4) is 0 Å². The summed E-state index contributed by atoms with van der Waals surface area (Å²) in [4.78, 5) is 53.2. The van der Waals surface area contributed by atoms with E-state index in [4.69, 9.17) is 23.2 Å². The second kappa shape index (κ2) is 14.2. The highest BCUT2D eigenvalue weighted by Gasteiger charge is 2.35. The molecule has 0 N–H and O–H groups in total. The van der Waals surface area contributed by atoms with Gasteiger partial charge in [-0.15, -0.1) is 0 Å². The molecule has 0 fully saturated rings. The smallest absolute Gasteiger partial charge is 0.197 e. The Morgan fingerprint density at radius 3 is 1.76 bits per heavy atom. The maximum Gasteiger partial charge on any atom is 0.197 e. The highest BCUT2D eigenvalue weighted by Crippen LogP contribution is 2.29. The first-order valence-electron chi connectivity index (χ1n) is 13.0. The molecule has 4 nitrogen and oxygen atoms in total. The Kier molecular flexibility index (Phi) is 11.0. The number of halogens is 2. The molecule has 2 aromatic rings. The van der Waals surface area contributed by atoms with Crippen LogP contribution in [0.5, 0.6) is 0 Å². The van der Waals surface area contributed by atoms with Gasteiger partial charge in [0.05, 0.1) is 11.1 Å². The largest absolute Gasteiger partial charge is 0.289 e. The van der Waals surface area contributed by atoms with E-state index in [9.17, 15) is 19.2 Å². The summed E-state index contributed by atoms with van der Waals surface area (Å²) >= 11 is 12.1. The molecule has 0 bridgehead atoms. The van der Waals surface area contributed by atoms with Crippen LogP contribution >= 0.6 is 23.2 Å². The maximum absolute atomic E-state index is 13.5. The summed E-state index contributed by atoms with van der Waals surface area (Å²) in [5.74, 6) is -2.35. The Balaban J connectivity index is 1.81. The van der Waals surface area contributed by atoms with Crippen molar-refractivity contribution in [2.45, 2.75) is 71.1 Å². The SMILES string of the molecule is CCCCCCCCCCCC1=C(C(=O)c2cccc(Cl)c2)C(=O)C=C(C(=O)c2cccc(Cl)c2)C1=O. The quantitative estimate of drug-likeness (QED) is 0.105. The summed E-state index contributed by atoms with van der Waals surface area (Å²) in [6.45, 7) is 2.19. The lowest BCUT2D eigenvalue weighted by molar-refractivity contribution is -0.115. The van der Waals surface area contributed by atoms with Crippen molar-refractivity contribution in [2.24, 2.45) is 0 Å². The number of hydrogen-bond donors (Lipinski definition) is 0. The van der Waals surface area contributed by atoms with Gasteiger partial charge in [-0.25, -0.2) is 0 Å². The van der Waals surface area contributed by atoms with E-state index in [1.165, 1.54) is 44.2 Å². The Morgan fingerprint density at radius 2 is 1.22 bits per heavy atom. The van der Waals surface area contributed by atoms with Crippen LogP contribution in [0.25, 0.3) is 0 Å². The van der Waals surface area contributed by atoms with Gasteiger partial charge in [0.25, 0.3) is 0 Å². The third-order valence-electron chi connectivity index (χ3n) is 6.52. The van der Waals surface area contributed by atoms with Crippen LogP contribution in [0.4, 0.5) is 0 Å². The molecule has 0 saturated heterocycles. The van der Waals surface area contributed by atoms with Crippen LogP contribution in [-0.4, -0.2) is 23.1 Å². The Labute approximate surface area is 228 Å². The molecular weight excluding hydrogens is 507 g/mol. The van der Waals surface area contributed by atoms with Crippen LogP contribution in [0.2, 0.25) is 10.0 Å². The molecule has 0 radical (unpaired) electrons. The maximum atomic E-state index is 13.5. The molecule has 1 aliphatic carbocycles. The monoisotopic (exact) mass is 538 g/mol. The molecule has 0 heterocycles. The Bertz CT molecular complexity index is 1240. The molecule has 6 heteroatoms. The lowest BCUT2D eigenvalue weighted by Crippen LogP contribution is -2.27. The molecule has 37 heavy (non-hydrogen) atoms. The zero-order chi connectivity index (χ0) is 26.8. The molecule has 0 amide bonds. The van der Waals surface area contributed by atoms with Gasteiger partial charge in [-0.3, -0.25) is 19.2 Å². The number of allylic oxidation sites excluding steroid dienone is 4. The van der Waals surface area contributed by atoms with E-state index in [2.05, 4.69) is 6.92 Å². The number of benzene rings is 2. The average Bonchev–Trinajstić information content (AvgIpc) is 2.88. The lowest BCUT2D eigenvalue weighted by atomic mass is 9.81. The first kappa shape index (κ1) is 28.7. The summed E-state index contributed by atoms with van der Waals surface area (Å²) < 4.78 is 0. The highest BCUT2D eigenvalue weighted by molar-refractivity contribution is 6.43. The van der Waals surface area contributed by atoms with Crippen LogP contribution in [0, 0.1) is 0 Å². The minimum absolute atomic E-state index is 0.103. The van der Waals surface area contributed by atoms with Gasteiger partial charge in [0.15, 0.2) is 23.1 Å². The summed E-state index contributed by atoms with van der Waals surface area (Å²) in [7, 11) is 0. The number of Topliss-reactive ketones (excluding diaryl/α,β-unsaturated/α-hetero) is 3. The van der Waals surface area contributed by atoms with Crippen LogP contribution in [0.3, 0.4) is 0 Å². The first-order chi connectivity index (χ1) is 17.8. The fraction of sp³-hybridized carbons (Fsp3) is 0.355. The molecule has 3 rings (SSSR count). The second-order valence-electron chi connectivity index (χ2n) is 9.36. The molecule has 194 valence electrons. The van der Waals surface area contributed by atoms with E-state index in [1.54, 1.807) is 36.4 Å². The highest BCUT2D eigenvalue weighted by atomic mass is 35.5. The van der Waals surface area contributed by atoms with Gasteiger partial charge in [-0.1, -0.05) is 106 Å². The molecule has 0 aliphatic heterocycles. The van der Waals surface area contributed by atoms with Crippen molar-refractivity contribution in [1.82, 2.24) is 0 Å². The Hall–Kier alpha value is -2.82. The number of hydrogen-bond acceptors (Lipinski definition) is 4. The molecule has 1 aliphatic rings. The topological polar surface area (TPSA) is 68.3 Å². The van der Waals surface area contributed by atoms with Crippen LogP contribution < -0.4 is 0 Å². The van der Waals surface area contributed by atoms with Crippen molar-refractivity contribution in [2.75, 3.05) is 0 Å². The van der Waals surface area contributed by atoms with Crippen molar-refractivity contribution < 1.29 is 19.2 Å². The minimum atomic E-state index is -0.638. The van der Waals surface area contributed by atoms with Gasteiger partial charge in [0, 0.05) is 32.8 Å². The van der Waals surface area contributed by atoms with Gasteiger partial charge in [0.2, 0.25) is 0 Å². The summed E-state index contributed by atoms with van der Waals surface area (Å²) in [5, 5.41) is 0.706. The van der Waals surface area contributed by atoms with Crippen LogP contribution in [0.15, 0.2) is 71.3 Å². The van der Waals surface area contributed by atoms with E-state index in [0.717, 1.165) is 25.3 Å². The molecule has 0 saturated carbocycles. The number of ketones is 4. The van der Waals surface area contributed by atoms with Crippen LogP contribution in [0.1, 0.15) is 91.8 Å². The standard InChI is InChI=1S/C31H32Cl2O4/c1-2-3-4-5-6-7-8-9-10-17-25-28(30(36)22-14-12-16-24(33)19-22)27(34)20-26(31(25)37)29(35)21-13-11-15-23(32)18-21/h11-16,18-20H,2-10,17H2,1H3. The van der Waals surface area contributed by atoms with Gasteiger partial charge in [-0.2, -0.15) is 0 Å². The average molecular weight is 539 g/mol. The number of carbonyl (C=O) groups is 4. The normalized spacial score (nSPS) is 13.6. The minimum Gasteiger partial charge on any atom is -0.289 e. The van der Waals surface area contributed by atoms with Crippen molar-refractivity contribution >= 4 is 46.3 Å². The van der Waals surface area contributed by atoms with E-state index in [-0.39, 0.29) is 34.3 Å². The van der Waals surface area contributed by atoms with Gasteiger partial charge in [0.1, 0.15) is 0 Å². The molecule has 0 atom stereocenters. The van der Waals surface area contributed by atoms with Crippen molar-refractivity contribution in [1.29, 1.82) is 0 Å². The van der Waals surface area contributed by atoms with E-state index < -0.39 is 23.1 Å². The zero-order valence-electron chi connectivity index (χ0n) is 21.2. The predicted molar refractivity (Wildman–Crippen MR) is 149 cm³/mol. The third-order valence-corrected chi connectivity index (χ3v) is 6.99. The fourth-order valence-corrected chi connectivity index (χ4v) is 4.90. The number of unbranched alkanes of at least 4 members (excludes halogenated alkanes) is 8. The Morgan fingerprint density at radius 1 is 0.703 bits per heavy atom. The summed E-state index contributed by atoms with van der Waals surface area (Å²) in [6, 6.07) is 12.5. The molecule has 2 aromatic carbocycles. The molecular formula is C31H32Cl2O4. The van der Waals surface area contributed by atoms with E-state index >= 15 is 0 Å². The zero-order valence-corrected chi connectivity index (χ0v) is 22.7. The fourth-order valence-electron chi connectivity index (χ4n) is 4.52. The second-order valence-corrected chi connectivity index (χ2v) is 10.2. The number of rotatable bonds is 14. The van der Waals surface area contributed by atoms with Gasteiger partial charge in [-0.05, 0) is 37.1 Å². The van der Waals surface area contributed by atoms with Gasteiger partial charge >= 0.3 is 0 Å². The molecule has 0 aromatic heterocycles. The lowest BCUT2D eigenvalue weighted by Gasteiger charge is -2.18. The van der Waals surface area contributed by atoms with Gasteiger partial charge < -0.3 is 0 Å². The predicted octanol–water partition coefficient (Wildman–Crippen LogP) is 8.35. The van der Waals surface area contributed by atoms with E-state index in [0.29, 0.717) is 16.5 Å². The molecule has 0 unspecified atom stereocenters. The third kappa shape index (κ3) is 7.83.